The van der Waals surface area contributed by atoms with Gasteiger partial charge in [-0.2, -0.15) is 5.10 Å². The van der Waals surface area contributed by atoms with E-state index in [-0.39, 0.29) is 0 Å². The van der Waals surface area contributed by atoms with Crippen LogP contribution in [-0.4, -0.2) is 63.3 Å². The lowest BCUT2D eigenvalue weighted by Gasteiger charge is -2.36. The molecule has 0 aromatic carbocycles. The van der Waals surface area contributed by atoms with Gasteiger partial charge < -0.3 is 15.1 Å². The fourth-order valence-corrected chi connectivity index (χ4v) is 3.73. The minimum atomic E-state index is 0.671. The number of guanidine groups is 1. The van der Waals surface area contributed by atoms with Gasteiger partial charge in [0.1, 0.15) is 0 Å². The molecule has 3 heterocycles. The molecule has 1 N–H and O–H groups in total. The van der Waals surface area contributed by atoms with Crippen LogP contribution >= 0.6 is 0 Å². The van der Waals surface area contributed by atoms with Crippen molar-refractivity contribution in [2.75, 3.05) is 37.6 Å². The van der Waals surface area contributed by atoms with E-state index in [4.69, 9.17) is 4.99 Å². The zero-order valence-corrected chi connectivity index (χ0v) is 17.5. The second-order valence-electron chi connectivity index (χ2n) is 6.90. The zero-order valence-electron chi connectivity index (χ0n) is 17.5. The molecule has 28 heavy (non-hydrogen) atoms. The van der Waals surface area contributed by atoms with Gasteiger partial charge in [0.05, 0.1) is 12.2 Å². The van der Waals surface area contributed by atoms with Crippen molar-refractivity contribution in [2.45, 2.75) is 40.2 Å². The second kappa shape index (κ2) is 9.52. The van der Waals surface area contributed by atoms with Gasteiger partial charge in [0.2, 0.25) is 5.95 Å². The van der Waals surface area contributed by atoms with Crippen molar-refractivity contribution in [3.8, 4) is 0 Å². The van der Waals surface area contributed by atoms with Gasteiger partial charge in [0.15, 0.2) is 5.96 Å². The van der Waals surface area contributed by atoms with Crippen LogP contribution in [0.25, 0.3) is 0 Å². The highest BCUT2D eigenvalue weighted by molar-refractivity contribution is 5.80. The number of nitrogens with one attached hydrogen (secondary N) is 1. The van der Waals surface area contributed by atoms with E-state index in [9.17, 15) is 0 Å². The fraction of sp³-hybridized carbons (Fsp3) is 0.600. The average molecular weight is 385 g/mol. The van der Waals surface area contributed by atoms with Crippen molar-refractivity contribution >= 4 is 11.9 Å². The van der Waals surface area contributed by atoms with Crippen molar-refractivity contribution in [2.24, 2.45) is 12.0 Å². The fourth-order valence-electron chi connectivity index (χ4n) is 3.73. The largest absolute Gasteiger partial charge is 0.357 e. The maximum atomic E-state index is 4.96. The highest BCUT2D eigenvalue weighted by Gasteiger charge is 2.21. The lowest BCUT2D eigenvalue weighted by atomic mass is 10.1. The Morgan fingerprint density at radius 1 is 1.07 bits per heavy atom. The highest BCUT2D eigenvalue weighted by atomic mass is 15.4. The van der Waals surface area contributed by atoms with Gasteiger partial charge in [0.25, 0.3) is 0 Å². The predicted molar refractivity (Wildman–Crippen MR) is 113 cm³/mol. The number of aliphatic imine (C=N–C) groups is 1. The minimum Gasteiger partial charge on any atom is -0.357 e. The van der Waals surface area contributed by atoms with Crippen LogP contribution in [0.1, 0.15) is 37.7 Å². The summed E-state index contributed by atoms with van der Waals surface area (Å²) in [5.74, 6) is 1.78. The molecule has 0 saturated carbocycles. The molecule has 0 aliphatic carbocycles. The van der Waals surface area contributed by atoms with Crippen LogP contribution in [0.15, 0.2) is 23.5 Å². The maximum absolute atomic E-state index is 4.96. The second-order valence-corrected chi connectivity index (χ2v) is 6.90. The molecule has 8 heteroatoms. The Kier molecular flexibility index (Phi) is 6.84. The van der Waals surface area contributed by atoms with E-state index in [1.807, 2.05) is 17.8 Å². The van der Waals surface area contributed by atoms with E-state index in [0.29, 0.717) is 6.54 Å². The quantitative estimate of drug-likeness (QED) is 0.603. The molecule has 2 aromatic rings. The van der Waals surface area contributed by atoms with Crippen LogP contribution < -0.4 is 10.2 Å². The molecular formula is C20H32N8. The molecule has 0 unspecified atom stereocenters. The molecule has 0 radical (unpaired) electrons. The van der Waals surface area contributed by atoms with Gasteiger partial charge in [-0.3, -0.25) is 4.68 Å². The highest BCUT2D eigenvalue weighted by Crippen LogP contribution is 2.17. The standard InChI is InChI=1S/C20H32N8/c1-5-17-16(18(6-2)26(4)25-17)15-24-19(21-7-3)27-11-13-28(14-12-27)20-22-9-8-10-23-20/h8-10H,5-7,11-15H2,1-4H3,(H,21,24). The number of piperazine rings is 1. The minimum absolute atomic E-state index is 0.671. The van der Waals surface area contributed by atoms with Crippen LogP contribution in [0.2, 0.25) is 0 Å². The van der Waals surface area contributed by atoms with Gasteiger partial charge in [-0.1, -0.05) is 13.8 Å². The number of rotatable bonds is 6. The van der Waals surface area contributed by atoms with E-state index in [1.165, 1.54) is 11.3 Å². The molecule has 0 spiro atoms. The Balaban J connectivity index is 1.70. The molecule has 0 amide bonds. The summed E-state index contributed by atoms with van der Waals surface area (Å²) in [6, 6.07) is 1.85. The third kappa shape index (κ3) is 4.43. The summed E-state index contributed by atoms with van der Waals surface area (Å²) in [5, 5.41) is 8.13. The van der Waals surface area contributed by atoms with Gasteiger partial charge in [-0.25, -0.2) is 15.0 Å². The summed E-state index contributed by atoms with van der Waals surface area (Å²) in [4.78, 5) is 18.3. The number of aromatic nitrogens is 4. The first-order valence-electron chi connectivity index (χ1n) is 10.3. The summed E-state index contributed by atoms with van der Waals surface area (Å²) < 4.78 is 2.01. The molecule has 0 bridgehead atoms. The number of nitrogens with zero attached hydrogens (tertiary/aromatic N) is 7. The molecule has 1 aliphatic rings. The van der Waals surface area contributed by atoms with Crippen LogP contribution in [0.3, 0.4) is 0 Å². The van der Waals surface area contributed by atoms with Crippen LogP contribution in [-0.2, 0) is 26.4 Å². The van der Waals surface area contributed by atoms with Crippen LogP contribution in [0.4, 0.5) is 5.95 Å². The van der Waals surface area contributed by atoms with E-state index < -0.39 is 0 Å². The number of hydrogen-bond acceptors (Lipinski definition) is 5. The van der Waals surface area contributed by atoms with Crippen LogP contribution in [0, 0.1) is 0 Å². The predicted octanol–water partition coefficient (Wildman–Crippen LogP) is 1.62. The van der Waals surface area contributed by atoms with Crippen molar-refractivity contribution < 1.29 is 0 Å². The molecule has 1 aliphatic heterocycles. The summed E-state index contributed by atoms with van der Waals surface area (Å²) in [7, 11) is 2.03. The van der Waals surface area contributed by atoms with E-state index >= 15 is 0 Å². The number of aryl methyl sites for hydroxylation is 2. The van der Waals surface area contributed by atoms with Crippen molar-refractivity contribution in [1.82, 2.24) is 30.0 Å². The maximum Gasteiger partial charge on any atom is 0.225 e. The SMILES string of the molecule is CCNC(=NCc1c(CC)nn(C)c1CC)N1CCN(c2ncccn2)CC1. The molecule has 3 rings (SSSR count). The summed E-state index contributed by atoms with van der Waals surface area (Å²) in [6.45, 7) is 11.6. The number of anilines is 1. The van der Waals surface area contributed by atoms with E-state index in [1.54, 1.807) is 12.4 Å². The van der Waals surface area contributed by atoms with E-state index in [2.05, 4.69) is 51.0 Å². The topological polar surface area (TPSA) is 74.5 Å². The Morgan fingerprint density at radius 3 is 2.39 bits per heavy atom. The Labute approximate surface area is 167 Å². The molecule has 1 saturated heterocycles. The first-order valence-corrected chi connectivity index (χ1v) is 10.3. The summed E-state index contributed by atoms with van der Waals surface area (Å²) in [6.07, 6.45) is 5.50. The monoisotopic (exact) mass is 384 g/mol. The summed E-state index contributed by atoms with van der Waals surface area (Å²) >= 11 is 0. The first kappa shape index (κ1) is 20.1. The lowest BCUT2D eigenvalue weighted by molar-refractivity contribution is 0.370. The lowest BCUT2D eigenvalue weighted by Crippen LogP contribution is -2.53. The van der Waals surface area contributed by atoms with Gasteiger partial charge >= 0.3 is 0 Å². The van der Waals surface area contributed by atoms with Gasteiger partial charge in [-0.05, 0) is 25.8 Å². The van der Waals surface area contributed by atoms with Gasteiger partial charge in [-0.15, -0.1) is 0 Å². The third-order valence-corrected chi connectivity index (χ3v) is 5.16. The molecule has 1 fully saturated rings. The van der Waals surface area contributed by atoms with Gasteiger partial charge in [0, 0.05) is 63.4 Å². The zero-order chi connectivity index (χ0) is 19.9. The Hall–Kier alpha value is -2.64. The number of hydrogen-bond donors (Lipinski definition) is 1. The summed E-state index contributed by atoms with van der Waals surface area (Å²) in [5.41, 5.74) is 3.71. The third-order valence-electron chi connectivity index (χ3n) is 5.16. The van der Waals surface area contributed by atoms with Crippen molar-refractivity contribution in [3.05, 3.63) is 35.4 Å². The molecular weight excluding hydrogens is 352 g/mol. The Bertz CT molecular complexity index is 775. The van der Waals surface area contributed by atoms with Crippen molar-refractivity contribution in [3.63, 3.8) is 0 Å². The van der Waals surface area contributed by atoms with E-state index in [0.717, 1.165) is 63.2 Å². The smallest absolute Gasteiger partial charge is 0.225 e. The van der Waals surface area contributed by atoms with Crippen molar-refractivity contribution in [1.29, 1.82) is 0 Å². The molecule has 152 valence electrons. The first-order chi connectivity index (χ1) is 13.7. The van der Waals surface area contributed by atoms with Crippen LogP contribution in [0.5, 0.6) is 0 Å². The average Bonchev–Trinajstić information content (AvgIpc) is 3.06. The molecule has 2 aromatic heterocycles. The Morgan fingerprint density at radius 2 is 1.79 bits per heavy atom. The normalized spacial score (nSPS) is 15.2. The molecule has 8 nitrogen and oxygen atoms in total. The molecule has 0 atom stereocenters.